The number of hydrogen-bond donors (Lipinski definition) is 1. The lowest BCUT2D eigenvalue weighted by atomic mass is 10.1. The summed E-state index contributed by atoms with van der Waals surface area (Å²) in [6.07, 6.45) is 0.0101. The zero-order chi connectivity index (χ0) is 13.8. The van der Waals surface area contributed by atoms with Gasteiger partial charge in [-0.1, -0.05) is 36.9 Å². The minimum atomic E-state index is -0.594. The standard InChI is InChI=1S/C15H14F2OS/c1-2-13(18)11-5-3-4-6-14(11)19-15-8-7-10(16)9-12(15)17/h3-9,13,18H,2H2,1H3/t13-/m0/s1. The fourth-order valence-electron chi connectivity index (χ4n) is 1.75. The van der Waals surface area contributed by atoms with Crippen LogP contribution in [-0.2, 0) is 0 Å². The largest absolute Gasteiger partial charge is 0.388 e. The van der Waals surface area contributed by atoms with E-state index in [9.17, 15) is 13.9 Å². The maximum Gasteiger partial charge on any atom is 0.140 e. The van der Waals surface area contributed by atoms with Gasteiger partial charge in [0, 0.05) is 15.9 Å². The molecule has 0 spiro atoms. The summed E-state index contributed by atoms with van der Waals surface area (Å²) in [7, 11) is 0. The van der Waals surface area contributed by atoms with Crippen molar-refractivity contribution in [2.24, 2.45) is 0 Å². The van der Waals surface area contributed by atoms with Gasteiger partial charge in [0.1, 0.15) is 11.6 Å². The molecule has 0 amide bonds. The van der Waals surface area contributed by atoms with E-state index in [0.717, 1.165) is 16.5 Å². The monoisotopic (exact) mass is 280 g/mol. The molecule has 1 N–H and O–H groups in total. The van der Waals surface area contributed by atoms with Gasteiger partial charge in [-0.2, -0.15) is 0 Å². The van der Waals surface area contributed by atoms with Crippen LogP contribution in [0.15, 0.2) is 52.3 Å². The lowest BCUT2D eigenvalue weighted by Gasteiger charge is -2.13. The molecule has 0 aromatic heterocycles. The summed E-state index contributed by atoms with van der Waals surface area (Å²) in [5.41, 5.74) is 0.763. The van der Waals surface area contributed by atoms with E-state index < -0.39 is 17.7 Å². The van der Waals surface area contributed by atoms with Crippen molar-refractivity contribution >= 4 is 11.8 Å². The quantitative estimate of drug-likeness (QED) is 0.886. The molecule has 0 fully saturated rings. The molecule has 0 bridgehead atoms. The second kappa shape index (κ2) is 6.17. The minimum Gasteiger partial charge on any atom is -0.388 e. The second-order valence-corrected chi connectivity index (χ2v) is 5.22. The molecule has 1 nitrogen and oxygen atoms in total. The van der Waals surface area contributed by atoms with E-state index in [1.54, 1.807) is 0 Å². The minimum absolute atomic E-state index is 0.345. The smallest absolute Gasteiger partial charge is 0.140 e. The predicted molar refractivity (Wildman–Crippen MR) is 72.2 cm³/mol. The fourth-order valence-corrected chi connectivity index (χ4v) is 2.74. The molecule has 2 rings (SSSR count). The van der Waals surface area contributed by atoms with E-state index in [2.05, 4.69) is 0 Å². The molecule has 0 aliphatic carbocycles. The van der Waals surface area contributed by atoms with Crippen LogP contribution in [0.25, 0.3) is 0 Å². The van der Waals surface area contributed by atoms with Gasteiger partial charge in [0.05, 0.1) is 6.10 Å². The van der Waals surface area contributed by atoms with Crippen molar-refractivity contribution in [3.05, 3.63) is 59.7 Å². The Balaban J connectivity index is 2.33. The molecule has 0 saturated heterocycles. The Kier molecular flexibility index (Phi) is 4.56. The van der Waals surface area contributed by atoms with Crippen molar-refractivity contribution in [3.8, 4) is 0 Å². The molecule has 1 atom stereocenters. The van der Waals surface area contributed by atoms with E-state index in [4.69, 9.17) is 0 Å². The van der Waals surface area contributed by atoms with E-state index in [-0.39, 0.29) is 0 Å². The van der Waals surface area contributed by atoms with Crippen LogP contribution < -0.4 is 0 Å². The van der Waals surface area contributed by atoms with Crippen LogP contribution in [0.2, 0.25) is 0 Å². The fraction of sp³-hybridized carbons (Fsp3) is 0.200. The summed E-state index contributed by atoms with van der Waals surface area (Å²) in [6, 6.07) is 10.8. The van der Waals surface area contributed by atoms with Crippen LogP contribution in [0, 0.1) is 11.6 Å². The molecular formula is C15H14F2OS. The average molecular weight is 280 g/mol. The van der Waals surface area contributed by atoms with Gasteiger partial charge >= 0.3 is 0 Å². The molecular weight excluding hydrogens is 266 g/mol. The Morgan fingerprint density at radius 3 is 2.53 bits per heavy atom. The highest BCUT2D eigenvalue weighted by molar-refractivity contribution is 7.99. The van der Waals surface area contributed by atoms with Crippen LogP contribution in [0.1, 0.15) is 25.0 Å². The summed E-state index contributed by atoms with van der Waals surface area (Å²) in [5.74, 6) is -1.19. The van der Waals surface area contributed by atoms with Crippen molar-refractivity contribution in [2.45, 2.75) is 29.2 Å². The van der Waals surface area contributed by atoms with Gasteiger partial charge in [0.2, 0.25) is 0 Å². The third-order valence-corrected chi connectivity index (χ3v) is 3.92. The van der Waals surface area contributed by atoms with Crippen LogP contribution in [0.5, 0.6) is 0 Å². The van der Waals surface area contributed by atoms with Gasteiger partial charge in [-0.05, 0) is 30.2 Å². The average Bonchev–Trinajstić information content (AvgIpc) is 2.41. The van der Waals surface area contributed by atoms with Crippen LogP contribution >= 0.6 is 11.8 Å². The molecule has 19 heavy (non-hydrogen) atoms. The van der Waals surface area contributed by atoms with E-state index in [1.807, 2.05) is 31.2 Å². The predicted octanol–water partition coefficient (Wildman–Crippen LogP) is 4.56. The SMILES string of the molecule is CC[C@H](O)c1ccccc1Sc1ccc(F)cc1F. The maximum absolute atomic E-state index is 13.6. The van der Waals surface area contributed by atoms with Gasteiger partial charge in [-0.3, -0.25) is 0 Å². The second-order valence-electron chi connectivity index (χ2n) is 4.14. The normalized spacial score (nSPS) is 12.4. The molecule has 0 aliphatic heterocycles. The Hall–Kier alpha value is -1.39. The van der Waals surface area contributed by atoms with Gasteiger partial charge in [-0.25, -0.2) is 8.78 Å². The third kappa shape index (κ3) is 3.33. The highest BCUT2D eigenvalue weighted by Crippen LogP contribution is 2.35. The topological polar surface area (TPSA) is 20.2 Å². The van der Waals surface area contributed by atoms with Gasteiger partial charge in [0.15, 0.2) is 0 Å². The molecule has 0 aliphatic rings. The van der Waals surface area contributed by atoms with Gasteiger partial charge < -0.3 is 5.11 Å². The Labute approximate surface area is 115 Å². The number of halogens is 2. The number of rotatable bonds is 4. The van der Waals surface area contributed by atoms with Crippen molar-refractivity contribution in [2.75, 3.05) is 0 Å². The summed E-state index contributed by atoms with van der Waals surface area (Å²) >= 11 is 1.19. The van der Waals surface area contributed by atoms with Gasteiger partial charge in [-0.15, -0.1) is 0 Å². The lowest BCUT2D eigenvalue weighted by molar-refractivity contribution is 0.171. The van der Waals surface area contributed by atoms with Crippen molar-refractivity contribution in [1.82, 2.24) is 0 Å². The number of benzene rings is 2. The third-order valence-electron chi connectivity index (χ3n) is 2.78. The summed E-state index contributed by atoms with van der Waals surface area (Å²) in [4.78, 5) is 1.12. The molecule has 100 valence electrons. The number of aliphatic hydroxyl groups excluding tert-OH is 1. The van der Waals surface area contributed by atoms with E-state index >= 15 is 0 Å². The highest BCUT2D eigenvalue weighted by atomic mass is 32.2. The molecule has 0 saturated carbocycles. The van der Waals surface area contributed by atoms with Crippen LogP contribution in [0.4, 0.5) is 8.78 Å². The lowest BCUT2D eigenvalue weighted by Crippen LogP contribution is -1.97. The van der Waals surface area contributed by atoms with Crippen molar-refractivity contribution in [3.63, 3.8) is 0 Å². The summed E-state index contributed by atoms with van der Waals surface area (Å²) < 4.78 is 26.5. The molecule has 0 radical (unpaired) electrons. The Morgan fingerprint density at radius 2 is 1.84 bits per heavy atom. The number of hydrogen-bond acceptors (Lipinski definition) is 2. The first kappa shape index (κ1) is 14.0. The zero-order valence-corrected chi connectivity index (χ0v) is 11.3. The molecule has 2 aromatic carbocycles. The van der Waals surface area contributed by atoms with Gasteiger partial charge in [0.25, 0.3) is 0 Å². The van der Waals surface area contributed by atoms with Crippen LogP contribution in [0.3, 0.4) is 0 Å². The van der Waals surface area contributed by atoms with Crippen LogP contribution in [-0.4, -0.2) is 5.11 Å². The first-order valence-corrected chi connectivity index (χ1v) is 6.83. The Morgan fingerprint density at radius 1 is 1.11 bits per heavy atom. The molecule has 4 heteroatoms. The van der Waals surface area contributed by atoms with Crippen molar-refractivity contribution < 1.29 is 13.9 Å². The first-order valence-electron chi connectivity index (χ1n) is 6.01. The molecule has 2 aromatic rings. The Bertz CT molecular complexity index is 572. The zero-order valence-electron chi connectivity index (χ0n) is 10.4. The van der Waals surface area contributed by atoms with E-state index in [1.165, 1.54) is 23.9 Å². The number of aliphatic hydroxyl groups is 1. The summed E-state index contributed by atoms with van der Waals surface area (Å²) in [5, 5.41) is 9.93. The maximum atomic E-state index is 13.6. The highest BCUT2D eigenvalue weighted by Gasteiger charge is 2.13. The first-order chi connectivity index (χ1) is 9.11. The van der Waals surface area contributed by atoms with E-state index in [0.29, 0.717) is 11.3 Å². The van der Waals surface area contributed by atoms with Crippen molar-refractivity contribution in [1.29, 1.82) is 0 Å². The summed E-state index contributed by atoms with van der Waals surface area (Å²) in [6.45, 7) is 1.88. The molecule has 0 unspecified atom stereocenters. The molecule has 0 heterocycles.